The average Bonchev–Trinajstić information content (AvgIpc) is 3.08. The lowest BCUT2D eigenvalue weighted by atomic mass is 10.1. The molecular weight excluding hydrogens is 254 g/mol. The van der Waals surface area contributed by atoms with Gasteiger partial charge in [-0.25, -0.2) is 0 Å². The molecule has 1 aliphatic heterocycles. The molecule has 2 heterocycles. The Morgan fingerprint density at radius 1 is 1.40 bits per heavy atom. The second-order valence-corrected chi connectivity index (χ2v) is 5.30. The molecule has 0 aromatic carbocycles. The van der Waals surface area contributed by atoms with E-state index in [4.69, 9.17) is 4.74 Å². The van der Waals surface area contributed by atoms with Gasteiger partial charge in [0.15, 0.2) is 0 Å². The largest absolute Gasteiger partial charge is 0.466 e. The Morgan fingerprint density at radius 3 is 2.80 bits per heavy atom. The maximum absolute atomic E-state index is 11.8. The second kappa shape index (κ2) is 7.43. The molecule has 0 aliphatic carbocycles. The molecule has 1 saturated heterocycles. The molecule has 1 aromatic rings. The fourth-order valence-electron chi connectivity index (χ4n) is 2.79. The molecule has 20 heavy (non-hydrogen) atoms. The van der Waals surface area contributed by atoms with Crippen molar-refractivity contribution < 1.29 is 9.53 Å². The molecular formula is C15H25N3O2. The Morgan fingerprint density at radius 2 is 2.15 bits per heavy atom. The Balaban J connectivity index is 2.09. The number of carbonyl (C=O) groups excluding carboxylic acids is 1. The third-order valence-corrected chi connectivity index (χ3v) is 3.74. The fraction of sp³-hybridized carbons (Fsp3) is 0.733. The number of hydrogen-bond acceptors (Lipinski definition) is 4. The van der Waals surface area contributed by atoms with Gasteiger partial charge in [0, 0.05) is 24.3 Å². The molecule has 0 spiro atoms. The van der Waals surface area contributed by atoms with Crippen molar-refractivity contribution in [2.24, 2.45) is 0 Å². The number of esters is 1. The van der Waals surface area contributed by atoms with E-state index in [0.29, 0.717) is 13.0 Å². The SMILES string of the molecule is CCCn1cc(C(CC(=O)OCC)N2CCCC2)cn1. The predicted molar refractivity (Wildman–Crippen MR) is 77.3 cm³/mol. The van der Waals surface area contributed by atoms with Crippen molar-refractivity contribution in [3.05, 3.63) is 18.0 Å². The summed E-state index contributed by atoms with van der Waals surface area (Å²) in [6.07, 6.45) is 7.88. The summed E-state index contributed by atoms with van der Waals surface area (Å²) in [7, 11) is 0. The smallest absolute Gasteiger partial charge is 0.307 e. The third-order valence-electron chi connectivity index (χ3n) is 3.74. The van der Waals surface area contributed by atoms with Gasteiger partial charge in [0.05, 0.1) is 19.2 Å². The highest BCUT2D eigenvalue weighted by Gasteiger charge is 2.27. The normalized spacial score (nSPS) is 17.3. The number of rotatable bonds is 7. The van der Waals surface area contributed by atoms with Gasteiger partial charge in [-0.2, -0.15) is 5.10 Å². The topological polar surface area (TPSA) is 47.4 Å². The molecule has 1 aromatic heterocycles. The molecule has 0 radical (unpaired) electrons. The van der Waals surface area contributed by atoms with Crippen molar-refractivity contribution >= 4 is 5.97 Å². The zero-order chi connectivity index (χ0) is 14.4. The lowest BCUT2D eigenvalue weighted by Crippen LogP contribution is -2.28. The summed E-state index contributed by atoms with van der Waals surface area (Å²) < 4.78 is 7.08. The molecule has 112 valence electrons. The molecule has 2 rings (SSSR count). The molecule has 0 N–H and O–H groups in total. The number of carbonyl (C=O) groups is 1. The summed E-state index contributed by atoms with van der Waals surface area (Å²) in [5, 5.41) is 4.39. The van der Waals surface area contributed by atoms with Crippen LogP contribution in [0.25, 0.3) is 0 Å². The Bertz CT molecular complexity index is 425. The second-order valence-electron chi connectivity index (χ2n) is 5.30. The van der Waals surface area contributed by atoms with E-state index >= 15 is 0 Å². The maximum Gasteiger partial charge on any atom is 0.307 e. The quantitative estimate of drug-likeness (QED) is 0.719. The van der Waals surface area contributed by atoms with E-state index in [-0.39, 0.29) is 12.0 Å². The molecule has 1 atom stereocenters. The van der Waals surface area contributed by atoms with Crippen molar-refractivity contribution in [1.82, 2.24) is 14.7 Å². The van der Waals surface area contributed by atoms with Crippen LogP contribution in [0.15, 0.2) is 12.4 Å². The molecule has 5 nitrogen and oxygen atoms in total. The van der Waals surface area contributed by atoms with E-state index in [0.717, 1.165) is 31.6 Å². The van der Waals surface area contributed by atoms with Crippen molar-refractivity contribution in [1.29, 1.82) is 0 Å². The highest BCUT2D eigenvalue weighted by Crippen LogP contribution is 2.28. The minimum absolute atomic E-state index is 0.113. The van der Waals surface area contributed by atoms with Gasteiger partial charge in [0.1, 0.15) is 0 Å². The number of aryl methyl sites for hydroxylation is 1. The van der Waals surface area contributed by atoms with Crippen LogP contribution in [-0.2, 0) is 16.1 Å². The monoisotopic (exact) mass is 279 g/mol. The zero-order valence-corrected chi connectivity index (χ0v) is 12.5. The number of ether oxygens (including phenoxy) is 1. The number of aromatic nitrogens is 2. The summed E-state index contributed by atoms with van der Waals surface area (Å²) in [6.45, 7) is 7.47. The zero-order valence-electron chi connectivity index (χ0n) is 12.5. The highest BCUT2D eigenvalue weighted by molar-refractivity contribution is 5.70. The summed E-state index contributed by atoms with van der Waals surface area (Å²) in [4.78, 5) is 14.2. The molecule has 5 heteroatoms. The molecule has 0 bridgehead atoms. The van der Waals surface area contributed by atoms with Crippen LogP contribution in [0.2, 0.25) is 0 Å². The van der Waals surface area contributed by atoms with E-state index in [2.05, 4.69) is 23.1 Å². The molecule has 1 unspecified atom stereocenters. The van der Waals surface area contributed by atoms with Gasteiger partial charge in [-0.1, -0.05) is 6.92 Å². The maximum atomic E-state index is 11.8. The molecule has 0 amide bonds. The lowest BCUT2D eigenvalue weighted by molar-refractivity contribution is -0.144. The first kappa shape index (κ1) is 15.0. The van der Waals surface area contributed by atoms with Crippen LogP contribution >= 0.6 is 0 Å². The van der Waals surface area contributed by atoms with Gasteiger partial charge in [0.2, 0.25) is 0 Å². The molecule has 0 saturated carbocycles. The van der Waals surface area contributed by atoms with Crippen LogP contribution in [-0.4, -0.2) is 40.3 Å². The van der Waals surface area contributed by atoms with Gasteiger partial charge >= 0.3 is 5.97 Å². The highest BCUT2D eigenvalue weighted by atomic mass is 16.5. The minimum Gasteiger partial charge on any atom is -0.466 e. The van der Waals surface area contributed by atoms with E-state index in [1.165, 1.54) is 12.8 Å². The lowest BCUT2D eigenvalue weighted by Gasteiger charge is -2.25. The van der Waals surface area contributed by atoms with E-state index in [1.807, 2.05) is 17.8 Å². The summed E-state index contributed by atoms with van der Waals surface area (Å²) >= 11 is 0. The first-order valence-corrected chi connectivity index (χ1v) is 7.66. The van der Waals surface area contributed by atoms with Crippen molar-refractivity contribution in [3.63, 3.8) is 0 Å². The Labute approximate surface area is 120 Å². The Kier molecular flexibility index (Phi) is 5.59. The van der Waals surface area contributed by atoms with Crippen LogP contribution in [0, 0.1) is 0 Å². The number of nitrogens with zero attached hydrogens (tertiary/aromatic N) is 3. The van der Waals surface area contributed by atoms with Crippen molar-refractivity contribution in [2.75, 3.05) is 19.7 Å². The predicted octanol–water partition coefficient (Wildman–Crippen LogP) is 2.38. The van der Waals surface area contributed by atoms with Crippen LogP contribution in [0.1, 0.15) is 51.1 Å². The van der Waals surface area contributed by atoms with Gasteiger partial charge in [-0.3, -0.25) is 14.4 Å². The first-order valence-electron chi connectivity index (χ1n) is 7.66. The van der Waals surface area contributed by atoms with Crippen LogP contribution in [0.5, 0.6) is 0 Å². The van der Waals surface area contributed by atoms with E-state index < -0.39 is 0 Å². The fourth-order valence-corrected chi connectivity index (χ4v) is 2.79. The van der Waals surface area contributed by atoms with Gasteiger partial charge in [0.25, 0.3) is 0 Å². The summed E-state index contributed by atoms with van der Waals surface area (Å²) in [6, 6.07) is 0.113. The van der Waals surface area contributed by atoms with Crippen molar-refractivity contribution in [2.45, 2.75) is 52.1 Å². The van der Waals surface area contributed by atoms with Gasteiger partial charge in [-0.05, 0) is 39.3 Å². The van der Waals surface area contributed by atoms with Crippen LogP contribution < -0.4 is 0 Å². The van der Waals surface area contributed by atoms with E-state index in [9.17, 15) is 4.79 Å². The number of likely N-dealkylation sites (tertiary alicyclic amines) is 1. The standard InChI is InChI=1S/C15H25N3O2/c1-3-7-18-12-13(11-16-18)14(10-15(19)20-4-2)17-8-5-6-9-17/h11-12,14H,3-10H2,1-2H3. The first-order chi connectivity index (χ1) is 9.74. The third kappa shape index (κ3) is 3.82. The van der Waals surface area contributed by atoms with Gasteiger partial charge in [-0.15, -0.1) is 0 Å². The van der Waals surface area contributed by atoms with Crippen LogP contribution in [0.3, 0.4) is 0 Å². The molecule has 1 aliphatic rings. The minimum atomic E-state index is -0.118. The number of hydrogen-bond donors (Lipinski definition) is 0. The van der Waals surface area contributed by atoms with Gasteiger partial charge < -0.3 is 4.74 Å². The summed E-state index contributed by atoms with van der Waals surface area (Å²) in [5.74, 6) is -0.118. The molecule has 1 fully saturated rings. The van der Waals surface area contributed by atoms with Crippen LogP contribution in [0.4, 0.5) is 0 Å². The Hall–Kier alpha value is -1.36. The van der Waals surface area contributed by atoms with Crippen molar-refractivity contribution in [3.8, 4) is 0 Å². The average molecular weight is 279 g/mol. The van der Waals surface area contributed by atoms with E-state index in [1.54, 1.807) is 0 Å². The summed E-state index contributed by atoms with van der Waals surface area (Å²) in [5.41, 5.74) is 1.13.